The van der Waals surface area contributed by atoms with E-state index < -0.39 is 11.7 Å². The highest BCUT2D eigenvalue weighted by molar-refractivity contribution is 6.17. The number of anilines is 1. The van der Waals surface area contributed by atoms with Gasteiger partial charge in [0.1, 0.15) is 0 Å². The van der Waals surface area contributed by atoms with Crippen LogP contribution in [0, 0.1) is 0 Å². The van der Waals surface area contributed by atoms with Crippen LogP contribution in [0.5, 0.6) is 0 Å². The van der Waals surface area contributed by atoms with Crippen molar-refractivity contribution in [3.8, 4) is 0 Å². The van der Waals surface area contributed by atoms with Crippen LogP contribution in [0.1, 0.15) is 24.8 Å². The van der Waals surface area contributed by atoms with Crippen LogP contribution in [0.4, 0.5) is 18.9 Å². The number of nitrogens with zero attached hydrogens (tertiary/aromatic N) is 1. The number of hydrogen-bond acceptors (Lipinski definition) is 1. The van der Waals surface area contributed by atoms with E-state index in [0.29, 0.717) is 12.4 Å². The van der Waals surface area contributed by atoms with Gasteiger partial charge in [0, 0.05) is 25.2 Å². The second-order valence-corrected chi connectivity index (χ2v) is 4.56. The molecule has 18 heavy (non-hydrogen) atoms. The lowest BCUT2D eigenvalue weighted by Crippen LogP contribution is -2.22. The standard InChI is InChI=1S/C13H17ClF3N/c1-18(10-6-2-5-9-14)12-8-4-3-7-11(12)13(15,16)17/h3-4,7-8H,2,5-6,9-10H2,1H3. The molecule has 0 aromatic heterocycles. The molecular weight excluding hydrogens is 263 g/mol. The zero-order chi connectivity index (χ0) is 13.6. The Bertz CT molecular complexity index is 365. The lowest BCUT2D eigenvalue weighted by molar-refractivity contribution is -0.137. The smallest absolute Gasteiger partial charge is 0.374 e. The Hall–Kier alpha value is -0.900. The van der Waals surface area contributed by atoms with Crippen molar-refractivity contribution in [1.29, 1.82) is 0 Å². The summed E-state index contributed by atoms with van der Waals surface area (Å²) in [7, 11) is 1.69. The number of hydrogen-bond donors (Lipinski definition) is 0. The van der Waals surface area contributed by atoms with E-state index in [4.69, 9.17) is 11.6 Å². The molecule has 0 aliphatic carbocycles. The van der Waals surface area contributed by atoms with Crippen LogP contribution < -0.4 is 4.90 Å². The van der Waals surface area contributed by atoms with E-state index in [1.54, 1.807) is 18.0 Å². The highest BCUT2D eigenvalue weighted by Crippen LogP contribution is 2.36. The fraction of sp³-hybridized carbons (Fsp3) is 0.538. The zero-order valence-electron chi connectivity index (χ0n) is 10.3. The summed E-state index contributed by atoms with van der Waals surface area (Å²) >= 11 is 5.56. The van der Waals surface area contributed by atoms with E-state index in [9.17, 15) is 13.2 Å². The average molecular weight is 280 g/mol. The molecule has 0 amide bonds. The highest BCUT2D eigenvalue weighted by Gasteiger charge is 2.33. The van der Waals surface area contributed by atoms with Crippen molar-refractivity contribution in [3.05, 3.63) is 29.8 Å². The molecule has 102 valence electrons. The van der Waals surface area contributed by atoms with Gasteiger partial charge >= 0.3 is 6.18 Å². The minimum atomic E-state index is -4.30. The largest absolute Gasteiger partial charge is 0.418 e. The van der Waals surface area contributed by atoms with Crippen molar-refractivity contribution >= 4 is 17.3 Å². The topological polar surface area (TPSA) is 3.24 Å². The van der Waals surface area contributed by atoms with E-state index in [1.165, 1.54) is 12.1 Å². The quantitative estimate of drug-likeness (QED) is 0.545. The first kappa shape index (κ1) is 15.2. The van der Waals surface area contributed by atoms with Crippen molar-refractivity contribution in [3.63, 3.8) is 0 Å². The predicted molar refractivity (Wildman–Crippen MR) is 69.3 cm³/mol. The van der Waals surface area contributed by atoms with Crippen molar-refractivity contribution in [2.75, 3.05) is 24.4 Å². The Labute approximate surface area is 111 Å². The minimum Gasteiger partial charge on any atom is -0.374 e. The fourth-order valence-electron chi connectivity index (χ4n) is 1.79. The van der Waals surface area contributed by atoms with Gasteiger partial charge in [0.25, 0.3) is 0 Å². The van der Waals surface area contributed by atoms with Gasteiger partial charge in [0.2, 0.25) is 0 Å². The second kappa shape index (κ2) is 6.88. The maximum atomic E-state index is 12.8. The van der Waals surface area contributed by atoms with Crippen LogP contribution >= 0.6 is 11.6 Å². The third-order valence-electron chi connectivity index (χ3n) is 2.75. The van der Waals surface area contributed by atoms with E-state index in [-0.39, 0.29) is 5.69 Å². The second-order valence-electron chi connectivity index (χ2n) is 4.19. The van der Waals surface area contributed by atoms with Gasteiger partial charge in [-0.2, -0.15) is 13.2 Å². The lowest BCUT2D eigenvalue weighted by atomic mass is 10.1. The van der Waals surface area contributed by atoms with Gasteiger partial charge in [-0.1, -0.05) is 18.6 Å². The highest BCUT2D eigenvalue weighted by atomic mass is 35.5. The molecule has 1 rings (SSSR count). The van der Waals surface area contributed by atoms with E-state index >= 15 is 0 Å². The molecule has 0 saturated heterocycles. The lowest BCUT2D eigenvalue weighted by Gasteiger charge is -2.23. The van der Waals surface area contributed by atoms with Crippen molar-refractivity contribution in [2.24, 2.45) is 0 Å². The van der Waals surface area contributed by atoms with Crippen molar-refractivity contribution < 1.29 is 13.2 Å². The fourth-order valence-corrected chi connectivity index (χ4v) is 1.98. The molecule has 1 aromatic carbocycles. The minimum absolute atomic E-state index is 0.232. The Morgan fingerprint density at radius 2 is 1.78 bits per heavy atom. The molecule has 0 aliphatic heterocycles. The zero-order valence-corrected chi connectivity index (χ0v) is 11.1. The Morgan fingerprint density at radius 3 is 2.39 bits per heavy atom. The maximum Gasteiger partial charge on any atom is 0.418 e. The summed E-state index contributed by atoms with van der Waals surface area (Å²) in [6.07, 6.45) is -1.63. The van der Waals surface area contributed by atoms with Gasteiger partial charge in [-0.3, -0.25) is 0 Å². The molecule has 0 aliphatic rings. The number of benzene rings is 1. The van der Waals surface area contributed by atoms with Crippen LogP contribution in [-0.2, 0) is 6.18 Å². The maximum absolute atomic E-state index is 12.8. The van der Waals surface area contributed by atoms with Gasteiger partial charge < -0.3 is 4.90 Å². The van der Waals surface area contributed by atoms with Gasteiger partial charge in [-0.05, 0) is 25.0 Å². The summed E-state index contributed by atoms with van der Waals surface area (Å²) in [5.74, 6) is 0.600. The molecule has 0 N–H and O–H groups in total. The van der Waals surface area contributed by atoms with Crippen molar-refractivity contribution in [1.82, 2.24) is 0 Å². The summed E-state index contributed by atoms with van der Waals surface area (Å²) in [6, 6.07) is 5.66. The van der Waals surface area contributed by atoms with E-state index in [1.807, 2.05) is 0 Å². The monoisotopic (exact) mass is 279 g/mol. The molecule has 0 atom stereocenters. The van der Waals surface area contributed by atoms with Crippen molar-refractivity contribution in [2.45, 2.75) is 25.4 Å². The molecular formula is C13H17ClF3N. The molecule has 1 aromatic rings. The number of halogens is 4. The molecule has 0 bridgehead atoms. The molecule has 0 saturated carbocycles. The van der Waals surface area contributed by atoms with Gasteiger partial charge in [0.15, 0.2) is 0 Å². The summed E-state index contributed by atoms with van der Waals surface area (Å²) < 4.78 is 38.4. The Kier molecular flexibility index (Phi) is 5.79. The molecule has 0 spiro atoms. The predicted octanol–water partition coefficient (Wildman–Crippen LogP) is 4.55. The summed E-state index contributed by atoms with van der Waals surface area (Å²) in [4.78, 5) is 1.65. The first-order valence-electron chi connectivity index (χ1n) is 5.90. The Balaban J connectivity index is 2.70. The molecule has 0 heterocycles. The third-order valence-corrected chi connectivity index (χ3v) is 3.02. The van der Waals surface area contributed by atoms with Crippen LogP contribution in [0.2, 0.25) is 0 Å². The van der Waals surface area contributed by atoms with E-state index in [0.717, 1.165) is 25.3 Å². The average Bonchev–Trinajstić information content (AvgIpc) is 2.33. The molecule has 5 heteroatoms. The normalized spacial score (nSPS) is 11.6. The summed E-state index contributed by atoms with van der Waals surface area (Å²) in [5, 5.41) is 0. The van der Waals surface area contributed by atoms with Gasteiger partial charge in [-0.25, -0.2) is 0 Å². The SMILES string of the molecule is CN(CCCCCCl)c1ccccc1C(F)(F)F. The number of unbranched alkanes of at least 4 members (excludes halogenated alkanes) is 2. The van der Waals surface area contributed by atoms with Gasteiger partial charge in [-0.15, -0.1) is 11.6 Å². The number of alkyl halides is 4. The molecule has 0 unspecified atom stereocenters. The van der Waals surface area contributed by atoms with Gasteiger partial charge in [0.05, 0.1) is 5.56 Å². The van der Waals surface area contributed by atoms with Crippen LogP contribution in [0.25, 0.3) is 0 Å². The first-order chi connectivity index (χ1) is 8.46. The summed E-state index contributed by atoms with van der Waals surface area (Å²) in [5.41, 5.74) is -0.347. The molecule has 1 nitrogen and oxygen atoms in total. The number of para-hydroxylation sites is 1. The molecule has 0 fully saturated rings. The first-order valence-corrected chi connectivity index (χ1v) is 6.43. The van der Waals surface area contributed by atoms with E-state index in [2.05, 4.69) is 0 Å². The Morgan fingerprint density at radius 1 is 1.11 bits per heavy atom. The summed E-state index contributed by atoms with van der Waals surface area (Å²) in [6.45, 7) is 0.601. The van der Waals surface area contributed by atoms with Crippen LogP contribution in [0.3, 0.4) is 0 Å². The molecule has 0 radical (unpaired) electrons. The van der Waals surface area contributed by atoms with Crippen LogP contribution in [0.15, 0.2) is 24.3 Å². The van der Waals surface area contributed by atoms with Crippen LogP contribution in [-0.4, -0.2) is 19.5 Å². The number of rotatable bonds is 6. The third kappa shape index (κ3) is 4.41.